The predicted molar refractivity (Wildman–Crippen MR) is 92.8 cm³/mol. The fourth-order valence-electron chi connectivity index (χ4n) is 3.15. The number of imidazole rings is 1. The van der Waals surface area contributed by atoms with E-state index >= 15 is 0 Å². The highest BCUT2D eigenvalue weighted by Gasteiger charge is 2.46. The molecule has 1 saturated heterocycles. The third-order valence-electron chi connectivity index (χ3n) is 4.54. The number of aliphatic hydroxyl groups excluding tert-OH is 2. The van der Waals surface area contributed by atoms with E-state index in [9.17, 15) is 24.6 Å². The van der Waals surface area contributed by atoms with Crippen molar-refractivity contribution >= 4 is 17.1 Å². The van der Waals surface area contributed by atoms with Crippen molar-refractivity contribution in [3.8, 4) is 0 Å². The van der Waals surface area contributed by atoms with Crippen molar-refractivity contribution in [2.24, 2.45) is 5.73 Å². The Labute approximate surface area is 152 Å². The number of H-pyrrole nitrogens is 2. The molecule has 12 heteroatoms. The van der Waals surface area contributed by atoms with Gasteiger partial charge >= 0.3 is 5.69 Å². The van der Waals surface area contributed by atoms with Crippen LogP contribution in [0.15, 0.2) is 15.9 Å². The zero-order valence-corrected chi connectivity index (χ0v) is 14.6. The molecule has 3 unspecified atom stereocenters. The van der Waals surface area contributed by atoms with Crippen LogP contribution in [-0.2, 0) is 9.53 Å². The number of amides is 1. The van der Waals surface area contributed by atoms with E-state index in [0.717, 1.165) is 0 Å². The summed E-state index contributed by atoms with van der Waals surface area (Å²) < 4.78 is 6.96. The molecule has 0 radical (unpaired) electrons. The van der Waals surface area contributed by atoms with Crippen molar-refractivity contribution in [3.05, 3.63) is 27.2 Å². The maximum absolute atomic E-state index is 12.3. The summed E-state index contributed by atoms with van der Waals surface area (Å²) in [6.07, 6.45) is -0.814. The number of carbonyl (C=O) groups is 1. The Morgan fingerprint density at radius 2 is 2.22 bits per heavy atom. The second-order valence-electron chi connectivity index (χ2n) is 6.43. The van der Waals surface area contributed by atoms with E-state index in [0.29, 0.717) is 12.8 Å². The smallest absolute Gasteiger partial charge is 0.327 e. The largest absolute Gasteiger partial charge is 0.394 e. The average molecular weight is 382 g/mol. The Morgan fingerprint density at radius 1 is 1.48 bits per heavy atom. The van der Waals surface area contributed by atoms with E-state index in [4.69, 9.17) is 10.5 Å². The number of nitrogens with two attached hydrogens (primary N) is 1. The van der Waals surface area contributed by atoms with Gasteiger partial charge in [0.05, 0.1) is 19.0 Å². The van der Waals surface area contributed by atoms with Crippen LogP contribution >= 0.6 is 0 Å². The number of nitrogens with one attached hydrogen (secondary N) is 3. The quantitative estimate of drug-likeness (QED) is 0.310. The van der Waals surface area contributed by atoms with Crippen LogP contribution < -0.4 is 22.3 Å². The Kier molecular flexibility index (Phi) is 5.41. The van der Waals surface area contributed by atoms with Gasteiger partial charge < -0.3 is 26.0 Å². The molecule has 0 aromatic carbocycles. The molecule has 2 aromatic rings. The van der Waals surface area contributed by atoms with E-state index in [-0.39, 0.29) is 11.2 Å². The van der Waals surface area contributed by atoms with E-state index in [1.807, 2.05) is 6.92 Å². The van der Waals surface area contributed by atoms with E-state index in [1.165, 1.54) is 10.9 Å². The van der Waals surface area contributed by atoms with Crippen LogP contribution in [0, 0.1) is 0 Å². The highest BCUT2D eigenvalue weighted by atomic mass is 16.5. The lowest BCUT2D eigenvalue weighted by molar-refractivity contribution is -0.124. The third kappa shape index (κ3) is 3.51. The SMILES string of the molecule is CCCC(N)C(=O)NC1C(O)[C@@H](CO)O[C@H]1n1cnc2c(=O)[nH]c(=O)[nH]c21. The van der Waals surface area contributed by atoms with Gasteiger partial charge in [-0.2, -0.15) is 0 Å². The van der Waals surface area contributed by atoms with Gasteiger partial charge in [0, 0.05) is 0 Å². The number of hydrogen-bond acceptors (Lipinski definition) is 8. The molecular weight excluding hydrogens is 360 g/mol. The van der Waals surface area contributed by atoms with Crippen LogP contribution in [0.4, 0.5) is 0 Å². The summed E-state index contributed by atoms with van der Waals surface area (Å²) in [7, 11) is 0. The van der Waals surface area contributed by atoms with Crippen molar-refractivity contribution in [1.82, 2.24) is 24.8 Å². The lowest BCUT2D eigenvalue weighted by Gasteiger charge is -2.24. The molecule has 0 aliphatic carbocycles. The number of hydrogen-bond donors (Lipinski definition) is 6. The first-order valence-corrected chi connectivity index (χ1v) is 8.56. The van der Waals surface area contributed by atoms with E-state index in [2.05, 4.69) is 20.3 Å². The normalized spacial score (nSPS) is 26.4. The Balaban J connectivity index is 1.98. The summed E-state index contributed by atoms with van der Waals surface area (Å²) in [6.45, 7) is 1.39. The summed E-state index contributed by atoms with van der Waals surface area (Å²) in [4.78, 5) is 44.2. The van der Waals surface area contributed by atoms with Crippen LogP contribution in [0.1, 0.15) is 26.0 Å². The number of ether oxygens (including phenoxy) is 1. The third-order valence-corrected chi connectivity index (χ3v) is 4.54. The molecular formula is C15H22N6O6. The minimum atomic E-state index is -1.23. The number of rotatable bonds is 6. The molecule has 3 rings (SSSR count). The van der Waals surface area contributed by atoms with Gasteiger partial charge in [0.15, 0.2) is 11.7 Å². The van der Waals surface area contributed by atoms with Crippen LogP contribution in [0.2, 0.25) is 0 Å². The lowest BCUT2D eigenvalue weighted by atomic mass is 10.1. The van der Waals surface area contributed by atoms with Crippen molar-refractivity contribution < 1.29 is 19.7 Å². The molecule has 0 spiro atoms. The number of carbonyl (C=O) groups excluding carboxylic acids is 1. The number of aliphatic hydroxyl groups is 2. The molecule has 12 nitrogen and oxygen atoms in total. The molecule has 7 N–H and O–H groups in total. The number of nitrogens with zero attached hydrogens (tertiary/aromatic N) is 2. The van der Waals surface area contributed by atoms with Crippen molar-refractivity contribution in [2.75, 3.05) is 6.61 Å². The fraction of sp³-hybridized carbons (Fsp3) is 0.600. The minimum Gasteiger partial charge on any atom is -0.394 e. The molecule has 1 aliphatic rings. The van der Waals surface area contributed by atoms with Gasteiger partial charge in [-0.15, -0.1) is 0 Å². The first-order valence-electron chi connectivity index (χ1n) is 8.56. The molecule has 5 atom stereocenters. The average Bonchev–Trinajstić information content (AvgIpc) is 3.17. The number of fused-ring (bicyclic) bond motifs is 1. The van der Waals surface area contributed by atoms with Gasteiger partial charge in [0.1, 0.15) is 23.9 Å². The van der Waals surface area contributed by atoms with Gasteiger partial charge in [-0.25, -0.2) is 9.78 Å². The molecule has 148 valence electrons. The first-order chi connectivity index (χ1) is 12.9. The Hall–Kier alpha value is -2.54. The summed E-state index contributed by atoms with van der Waals surface area (Å²) in [6, 6.07) is -1.74. The maximum Gasteiger partial charge on any atom is 0.327 e. The van der Waals surface area contributed by atoms with Gasteiger partial charge in [0.25, 0.3) is 5.56 Å². The van der Waals surface area contributed by atoms with Crippen molar-refractivity contribution in [1.29, 1.82) is 0 Å². The molecule has 0 bridgehead atoms. The van der Waals surface area contributed by atoms with Gasteiger partial charge in [0.2, 0.25) is 5.91 Å². The number of aromatic amines is 2. The maximum atomic E-state index is 12.3. The zero-order chi connectivity index (χ0) is 19.7. The van der Waals surface area contributed by atoms with Gasteiger partial charge in [-0.05, 0) is 6.42 Å². The molecule has 1 fully saturated rings. The minimum absolute atomic E-state index is 0.0344. The van der Waals surface area contributed by atoms with Crippen molar-refractivity contribution in [3.63, 3.8) is 0 Å². The molecule has 3 heterocycles. The molecule has 2 aromatic heterocycles. The highest BCUT2D eigenvalue weighted by molar-refractivity contribution is 5.82. The van der Waals surface area contributed by atoms with Crippen LogP contribution in [-0.4, -0.2) is 66.5 Å². The Morgan fingerprint density at radius 3 is 2.89 bits per heavy atom. The van der Waals surface area contributed by atoms with E-state index < -0.39 is 54.3 Å². The monoisotopic (exact) mass is 382 g/mol. The number of aromatic nitrogens is 4. The second kappa shape index (κ2) is 7.60. The van der Waals surface area contributed by atoms with Crippen LogP contribution in [0.5, 0.6) is 0 Å². The molecule has 1 aliphatic heterocycles. The standard InChI is InChI=1S/C15H22N6O6/c1-2-3-6(16)12(24)18-8-10(23)7(4-22)27-14(8)21-5-17-9-11(21)19-15(26)20-13(9)25/h5-8,10,14,22-23H,2-4,16H2,1H3,(H,18,24)(H2,19,20,25,26)/t6?,7-,8?,10?,14-/m1/s1. The zero-order valence-electron chi connectivity index (χ0n) is 14.6. The van der Waals surface area contributed by atoms with Gasteiger partial charge in [-0.3, -0.25) is 24.1 Å². The molecule has 27 heavy (non-hydrogen) atoms. The summed E-state index contributed by atoms with van der Waals surface area (Å²) >= 11 is 0. The second-order valence-corrected chi connectivity index (χ2v) is 6.43. The van der Waals surface area contributed by atoms with Crippen molar-refractivity contribution in [2.45, 2.75) is 50.3 Å². The van der Waals surface area contributed by atoms with Crippen LogP contribution in [0.3, 0.4) is 0 Å². The first kappa shape index (κ1) is 19.2. The van der Waals surface area contributed by atoms with E-state index in [1.54, 1.807) is 0 Å². The molecule has 0 saturated carbocycles. The topological polar surface area (TPSA) is 188 Å². The molecule has 1 amide bonds. The van der Waals surface area contributed by atoms with Crippen LogP contribution in [0.25, 0.3) is 11.2 Å². The summed E-state index contributed by atoms with van der Waals surface area (Å²) in [5.74, 6) is -0.483. The fourth-order valence-corrected chi connectivity index (χ4v) is 3.15. The highest BCUT2D eigenvalue weighted by Crippen LogP contribution is 2.30. The summed E-state index contributed by atoms with van der Waals surface area (Å²) in [5.41, 5.74) is 4.43. The Bertz CT molecular complexity index is 935. The predicted octanol–water partition coefficient (Wildman–Crippen LogP) is -2.72. The van der Waals surface area contributed by atoms with Gasteiger partial charge in [-0.1, -0.05) is 13.3 Å². The summed E-state index contributed by atoms with van der Waals surface area (Å²) in [5, 5.41) is 22.5. The lowest BCUT2D eigenvalue weighted by Crippen LogP contribution is -2.51.